The molecule has 0 aromatic rings. The van der Waals surface area contributed by atoms with Crippen molar-refractivity contribution in [2.45, 2.75) is 45.1 Å². The second-order valence-corrected chi connectivity index (χ2v) is 5.21. The van der Waals surface area contributed by atoms with Gasteiger partial charge in [0.15, 0.2) is 0 Å². The molecule has 2 rings (SSSR count). The zero-order chi connectivity index (χ0) is 11.4. The number of likely N-dealkylation sites (tertiary alicyclic amines) is 2. The highest BCUT2D eigenvalue weighted by Gasteiger charge is 2.26. The summed E-state index contributed by atoms with van der Waals surface area (Å²) in [5.74, 6) is 0.362. The molecule has 2 aliphatic rings. The number of rotatable bonds is 4. The summed E-state index contributed by atoms with van der Waals surface area (Å²) >= 11 is 0. The van der Waals surface area contributed by atoms with E-state index in [1.54, 1.807) is 6.92 Å². The van der Waals surface area contributed by atoms with Crippen LogP contribution in [0.1, 0.15) is 39.0 Å². The van der Waals surface area contributed by atoms with E-state index in [0.717, 1.165) is 26.1 Å². The van der Waals surface area contributed by atoms with Crippen LogP contribution in [0.2, 0.25) is 0 Å². The van der Waals surface area contributed by atoms with Gasteiger partial charge in [0.2, 0.25) is 0 Å². The van der Waals surface area contributed by atoms with E-state index in [9.17, 15) is 4.79 Å². The average molecular weight is 224 g/mol. The van der Waals surface area contributed by atoms with E-state index in [2.05, 4.69) is 9.80 Å². The fraction of sp³-hybridized carbons (Fsp3) is 0.923. The highest BCUT2D eigenvalue weighted by molar-refractivity contribution is 5.81. The lowest BCUT2D eigenvalue weighted by Crippen LogP contribution is -2.46. The Morgan fingerprint density at radius 3 is 2.44 bits per heavy atom. The van der Waals surface area contributed by atoms with Crippen molar-refractivity contribution >= 4 is 5.78 Å². The van der Waals surface area contributed by atoms with Gasteiger partial charge in [0, 0.05) is 13.1 Å². The van der Waals surface area contributed by atoms with Crippen LogP contribution < -0.4 is 0 Å². The third kappa shape index (κ3) is 3.05. The Hall–Kier alpha value is -0.410. The lowest BCUT2D eigenvalue weighted by atomic mass is 9.99. The quantitative estimate of drug-likeness (QED) is 0.723. The first-order valence-corrected chi connectivity index (χ1v) is 6.74. The first-order chi connectivity index (χ1) is 7.77. The van der Waals surface area contributed by atoms with E-state index in [1.165, 1.54) is 38.8 Å². The summed E-state index contributed by atoms with van der Waals surface area (Å²) in [6.07, 6.45) is 6.29. The van der Waals surface area contributed by atoms with E-state index in [4.69, 9.17) is 0 Å². The molecule has 0 aromatic heterocycles. The first-order valence-electron chi connectivity index (χ1n) is 6.74. The van der Waals surface area contributed by atoms with Crippen LogP contribution in [0, 0.1) is 0 Å². The van der Waals surface area contributed by atoms with Gasteiger partial charge in [-0.1, -0.05) is 6.42 Å². The van der Waals surface area contributed by atoms with Crippen molar-refractivity contribution in [3.8, 4) is 0 Å². The summed E-state index contributed by atoms with van der Waals surface area (Å²) in [6.45, 7) is 7.64. The number of piperidine rings is 1. The molecular formula is C13H24N2O. The molecule has 0 radical (unpaired) electrons. The molecule has 2 heterocycles. The number of nitrogens with zero attached hydrogens (tertiary/aromatic N) is 2. The molecule has 0 spiro atoms. The number of hydrogen-bond acceptors (Lipinski definition) is 3. The van der Waals surface area contributed by atoms with E-state index in [1.807, 2.05) is 0 Å². The fourth-order valence-corrected chi connectivity index (χ4v) is 3.00. The molecule has 2 fully saturated rings. The van der Waals surface area contributed by atoms with Crippen LogP contribution >= 0.6 is 0 Å². The highest BCUT2D eigenvalue weighted by Crippen LogP contribution is 2.18. The lowest BCUT2D eigenvalue weighted by Gasteiger charge is -2.35. The third-order valence-corrected chi connectivity index (χ3v) is 3.99. The number of carbonyl (C=O) groups is 1. The average Bonchev–Trinajstić information content (AvgIpc) is 2.79. The van der Waals surface area contributed by atoms with Crippen molar-refractivity contribution < 1.29 is 4.79 Å². The van der Waals surface area contributed by atoms with Gasteiger partial charge in [-0.3, -0.25) is 9.69 Å². The van der Waals surface area contributed by atoms with Crippen molar-refractivity contribution in [1.82, 2.24) is 9.80 Å². The van der Waals surface area contributed by atoms with Gasteiger partial charge in [-0.05, 0) is 52.2 Å². The van der Waals surface area contributed by atoms with E-state index in [0.29, 0.717) is 5.78 Å². The smallest absolute Gasteiger partial charge is 0.146 e. The van der Waals surface area contributed by atoms with Gasteiger partial charge in [-0.15, -0.1) is 0 Å². The molecule has 0 saturated carbocycles. The summed E-state index contributed by atoms with van der Waals surface area (Å²) in [6, 6.07) is 0.219. The Kier molecular flexibility index (Phi) is 4.36. The van der Waals surface area contributed by atoms with E-state index in [-0.39, 0.29) is 6.04 Å². The maximum atomic E-state index is 11.6. The zero-order valence-corrected chi connectivity index (χ0v) is 10.5. The lowest BCUT2D eigenvalue weighted by molar-refractivity contribution is -0.123. The van der Waals surface area contributed by atoms with Crippen LogP contribution in [0.5, 0.6) is 0 Å². The second-order valence-electron chi connectivity index (χ2n) is 5.21. The molecule has 2 aliphatic heterocycles. The van der Waals surface area contributed by atoms with Crippen LogP contribution in [0.3, 0.4) is 0 Å². The summed E-state index contributed by atoms with van der Waals surface area (Å²) < 4.78 is 0. The molecule has 16 heavy (non-hydrogen) atoms. The maximum absolute atomic E-state index is 11.6. The topological polar surface area (TPSA) is 23.6 Å². The summed E-state index contributed by atoms with van der Waals surface area (Å²) in [4.78, 5) is 16.5. The normalized spacial score (nSPS) is 28.4. The summed E-state index contributed by atoms with van der Waals surface area (Å²) in [5.41, 5.74) is 0. The van der Waals surface area contributed by atoms with Crippen LogP contribution in [-0.4, -0.2) is 54.3 Å². The van der Waals surface area contributed by atoms with Crippen molar-refractivity contribution in [1.29, 1.82) is 0 Å². The number of ketones is 1. The molecule has 2 saturated heterocycles. The number of carbonyl (C=O) groups excluding carboxylic acids is 1. The molecule has 3 nitrogen and oxygen atoms in total. The van der Waals surface area contributed by atoms with Crippen LogP contribution in [0.15, 0.2) is 0 Å². The molecule has 1 atom stereocenters. The molecule has 0 bridgehead atoms. The van der Waals surface area contributed by atoms with E-state index < -0.39 is 0 Å². The largest absolute Gasteiger partial charge is 0.302 e. The Morgan fingerprint density at radius 2 is 1.75 bits per heavy atom. The minimum absolute atomic E-state index is 0.219. The molecule has 3 heteroatoms. The predicted octanol–water partition coefficient (Wildman–Crippen LogP) is 1.53. The predicted molar refractivity (Wildman–Crippen MR) is 65.6 cm³/mol. The molecule has 0 N–H and O–H groups in total. The van der Waals surface area contributed by atoms with Gasteiger partial charge >= 0.3 is 0 Å². The Morgan fingerprint density at radius 1 is 1.06 bits per heavy atom. The van der Waals surface area contributed by atoms with Crippen molar-refractivity contribution in [3.63, 3.8) is 0 Å². The Balaban J connectivity index is 1.78. The maximum Gasteiger partial charge on any atom is 0.146 e. The highest BCUT2D eigenvalue weighted by atomic mass is 16.1. The van der Waals surface area contributed by atoms with Crippen LogP contribution in [0.25, 0.3) is 0 Å². The van der Waals surface area contributed by atoms with E-state index >= 15 is 0 Å². The van der Waals surface area contributed by atoms with Crippen LogP contribution in [-0.2, 0) is 4.79 Å². The van der Waals surface area contributed by atoms with Gasteiger partial charge in [0.1, 0.15) is 5.78 Å². The molecule has 92 valence electrons. The molecular weight excluding hydrogens is 200 g/mol. The van der Waals surface area contributed by atoms with Gasteiger partial charge in [0.25, 0.3) is 0 Å². The number of hydrogen-bond donors (Lipinski definition) is 0. The van der Waals surface area contributed by atoms with Gasteiger partial charge in [-0.25, -0.2) is 0 Å². The number of Topliss-reactive ketones (excluding diaryl/α,β-unsaturated/α-hetero) is 1. The Labute approximate surface area is 98.8 Å². The van der Waals surface area contributed by atoms with Crippen molar-refractivity contribution in [2.24, 2.45) is 0 Å². The fourth-order valence-electron chi connectivity index (χ4n) is 3.00. The third-order valence-electron chi connectivity index (χ3n) is 3.99. The van der Waals surface area contributed by atoms with Crippen molar-refractivity contribution in [3.05, 3.63) is 0 Å². The summed E-state index contributed by atoms with van der Waals surface area (Å²) in [7, 11) is 0. The molecule has 0 amide bonds. The zero-order valence-electron chi connectivity index (χ0n) is 10.5. The standard InChI is InChI=1S/C13H24N2O/c1-12(16)13-6-2-3-9-15(13)11-10-14-7-4-5-8-14/h13H,2-11H2,1H3. The Bertz CT molecular complexity index is 236. The SMILES string of the molecule is CC(=O)C1CCCCN1CCN1CCCC1. The summed E-state index contributed by atoms with van der Waals surface area (Å²) in [5, 5.41) is 0. The van der Waals surface area contributed by atoms with Gasteiger partial charge in [0.05, 0.1) is 6.04 Å². The first kappa shape index (κ1) is 12.1. The van der Waals surface area contributed by atoms with Crippen LogP contribution in [0.4, 0.5) is 0 Å². The monoisotopic (exact) mass is 224 g/mol. The second kappa shape index (κ2) is 5.78. The molecule has 0 aliphatic carbocycles. The van der Waals surface area contributed by atoms with Gasteiger partial charge in [-0.2, -0.15) is 0 Å². The molecule has 0 aromatic carbocycles. The van der Waals surface area contributed by atoms with Crippen molar-refractivity contribution in [2.75, 3.05) is 32.7 Å². The molecule has 1 unspecified atom stereocenters. The minimum atomic E-state index is 0.219. The minimum Gasteiger partial charge on any atom is -0.302 e. The van der Waals surface area contributed by atoms with Gasteiger partial charge < -0.3 is 4.90 Å².